The zero-order valence-electron chi connectivity index (χ0n) is 11.9. The fourth-order valence-electron chi connectivity index (χ4n) is 2.42. The monoisotopic (exact) mass is 336 g/mol. The third-order valence-electron chi connectivity index (χ3n) is 3.49. The molecule has 0 aliphatic heterocycles. The van der Waals surface area contributed by atoms with Gasteiger partial charge in [0, 0.05) is 10.6 Å². The van der Waals surface area contributed by atoms with Crippen LogP contribution in [0.5, 0.6) is 0 Å². The number of nitrogens with one attached hydrogen (secondary N) is 1. The molecule has 0 radical (unpaired) electrons. The zero-order chi connectivity index (χ0) is 15.7. The lowest BCUT2D eigenvalue weighted by molar-refractivity contribution is 0.758. The summed E-state index contributed by atoms with van der Waals surface area (Å²) in [5, 5.41) is 7.22. The number of benzene rings is 1. The third kappa shape index (κ3) is 2.62. The summed E-state index contributed by atoms with van der Waals surface area (Å²) in [4.78, 5) is 16.5. The maximum atomic E-state index is 12.1. The van der Waals surface area contributed by atoms with Crippen molar-refractivity contribution in [1.29, 1.82) is 0 Å². The molecule has 0 aliphatic rings. The molecule has 114 valence electrons. The minimum atomic E-state index is -0.305. The number of rotatable bonds is 4. The number of aromatic nitrogens is 4. The van der Waals surface area contributed by atoms with Gasteiger partial charge >= 0.3 is 5.69 Å². The van der Waals surface area contributed by atoms with Crippen LogP contribution in [0.1, 0.15) is 25.5 Å². The fraction of sp³-hybridized carbons (Fsp3) is 0.267. The molecule has 7 heteroatoms. The molecular formula is C15H14Cl2N4O. The summed E-state index contributed by atoms with van der Waals surface area (Å²) < 4.78 is 1.51. The maximum Gasteiger partial charge on any atom is 0.348 e. The Kier molecular flexibility index (Phi) is 4.18. The van der Waals surface area contributed by atoms with Crippen LogP contribution in [0.25, 0.3) is 16.9 Å². The number of unbranched alkanes of at least 4 members (excludes halogenated alkanes) is 1. The summed E-state index contributed by atoms with van der Waals surface area (Å²) in [6.45, 7) is 2.10. The van der Waals surface area contributed by atoms with Gasteiger partial charge in [0.15, 0.2) is 10.8 Å². The van der Waals surface area contributed by atoms with E-state index >= 15 is 0 Å². The van der Waals surface area contributed by atoms with Crippen molar-refractivity contribution in [1.82, 2.24) is 19.6 Å². The van der Waals surface area contributed by atoms with E-state index in [0.717, 1.165) is 24.1 Å². The molecule has 0 atom stereocenters. The van der Waals surface area contributed by atoms with Crippen LogP contribution in [0, 0.1) is 0 Å². The van der Waals surface area contributed by atoms with E-state index in [1.165, 1.54) is 4.40 Å². The first-order valence-corrected chi connectivity index (χ1v) is 7.79. The molecule has 0 fully saturated rings. The minimum Gasteiger partial charge on any atom is -0.246 e. The average Bonchev–Trinajstić information content (AvgIpc) is 2.90. The summed E-state index contributed by atoms with van der Waals surface area (Å²) in [5.41, 5.74) is 2.41. The number of halogens is 2. The van der Waals surface area contributed by atoms with Gasteiger partial charge in [-0.15, -0.1) is 5.10 Å². The van der Waals surface area contributed by atoms with Gasteiger partial charge in [-0.1, -0.05) is 48.7 Å². The van der Waals surface area contributed by atoms with Crippen molar-refractivity contribution in [2.24, 2.45) is 0 Å². The quantitative estimate of drug-likeness (QED) is 0.789. The van der Waals surface area contributed by atoms with Crippen LogP contribution in [0.4, 0.5) is 0 Å². The summed E-state index contributed by atoms with van der Waals surface area (Å²) in [6.07, 6.45) is 2.67. The van der Waals surface area contributed by atoms with Crippen molar-refractivity contribution in [2.75, 3.05) is 0 Å². The number of fused-ring (bicyclic) bond motifs is 1. The van der Waals surface area contributed by atoms with Gasteiger partial charge in [-0.05, 0) is 25.0 Å². The lowest BCUT2D eigenvalue weighted by Crippen LogP contribution is -2.16. The van der Waals surface area contributed by atoms with E-state index in [-0.39, 0.29) is 10.8 Å². The van der Waals surface area contributed by atoms with Crippen molar-refractivity contribution in [3.05, 3.63) is 50.6 Å². The van der Waals surface area contributed by atoms with Crippen LogP contribution < -0.4 is 5.69 Å². The van der Waals surface area contributed by atoms with Gasteiger partial charge in [-0.25, -0.2) is 19.3 Å². The van der Waals surface area contributed by atoms with E-state index in [1.54, 1.807) is 12.1 Å². The second-order valence-electron chi connectivity index (χ2n) is 5.00. The Labute approximate surface area is 136 Å². The molecule has 2 heterocycles. The SMILES string of the molecule is CCCCc1c(-c2ccc(Cl)cc2)nc(Cl)c2n[nH]c(=O)n12. The van der Waals surface area contributed by atoms with E-state index in [9.17, 15) is 4.79 Å². The molecule has 0 spiro atoms. The van der Waals surface area contributed by atoms with Crippen molar-refractivity contribution >= 4 is 28.8 Å². The molecule has 0 unspecified atom stereocenters. The largest absolute Gasteiger partial charge is 0.348 e. The minimum absolute atomic E-state index is 0.198. The smallest absolute Gasteiger partial charge is 0.246 e. The fourth-order valence-corrected chi connectivity index (χ4v) is 2.75. The van der Waals surface area contributed by atoms with Gasteiger partial charge in [-0.3, -0.25) is 0 Å². The van der Waals surface area contributed by atoms with Crippen LogP contribution in [-0.2, 0) is 6.42 Å². The topological polar surface area (TPSA) is 63.0 Å². The molecule has 2 aromatic heterocycles. The zero-order valence-corrected chi connectivity index (χ0v) is 13.4. The molecule has 3 rings (SSSR count). The molecule has 5 nitrogen and oxygen atoms in total. The summed E-state index contributed by atoms with van der Waals surface area (Å²) in [5.74, 6) is 0. The first-order chi connectivity index (χ1) is 10.6. The van der Waals surface area contributed by atoms with Crippen LogP contribution in [0.15, 0.2) is 29.1 Å². The highest BCUT2D eigenvalue weighted by atomic mass is 35.5. The molecule has 1 N–H and O–H groups in total. The van der Waals surface area contributed by atoms with Crippen LogP contribution in [0.3, 0.4) is 0 Å². The normalized spacial score (nSPS) is 11.2. The molecule has 1 aromatic carbocycles. The van der Waals surface area contributed by atoms with Gasteiger partial charge in [0.25, 0.3) is 0 Å². The van der Waals surface area contributed by atoms with Crippen LogP contribution in [0.2, 0.25) is 10.2 Å². The maximum absolute atomic E-state index is 12.1. The lowest BCUT2D eigenvalue weighted by atomic mass is 10.1. The lowest BCUT2D eigenvalue weighted by Gasteiger charge is -2.11. The van der Waals surface area contributed by atoms with Crippen LogP contribution >= 0.6 is 23.2 Å². The molecule has 0 bridgehead atoms. The molecular weight excluding hydrogens is 323 g/mol. The van der Waals surface area contributed by atoms with Gasteiger partial charge in [-0.2, -0.15) is 0 Å². The van der Waals surface area contributed by atoms with E-state index in [1.807, 2.05) is 12.1 Å². The van der Waals surface area contributed by atoms with Crippen molar-refractivity contribution < 1.29 is 0 Å². The molecule has 0 saturated heterocycles. The van der Waals surface area contributed by atoms with E-state index in [2.05, 4.69) is 22.1 Å². The number of nitrogens with zero attached hydrogens (tertiary/aromatic N) is 3. The summed E-state index contributed by atoms with van der Waals surface area (Å²) in [7, 11) is 0. The molecule has 0 saturated carbocycles. The number of H-pyrrole nitrogens is 1. The van der Waals surface area contributed by atoms with Crippen LogP contribution in [-0.4, -0.2) is 19.6 Å². The Bertz CT molecular complexity index is 868. The second kappa shape index (κ2) is 6.10. The Morgan fingerprint density at radius 3 is 2.64 bits per heavy atom. The van der Waals surface area contributed by atoms with Crippen molar-refractivity contribution in [3.8, 4) is 11.3 Å². The Balaban J connectivity index is 2.29. The third-order valence-corrected chi connectivity index (χ3v) is 4.00. The molecule has 22 heavy (non-hydrogen) atoms. The number of hydrogen-bond acceptors (Lipinski definition) is 3. The highest BCUT2D eigenvalue weighted by Gasteiger charge is 2.17. The van der Waals surface area contributed by atoms with E-state index in [4.69, 9.17) is 23.2 Å². The summed E-state index contributed by atoms with van der Waals surface area (Å²) in [6, 6.07) is 7.32. The molecule has 0 aliphatic carbocycles. The molecule has 0 amide bonds. The van der Waals surface area contributed by atoms with Gasteiger partial charge < -0.3 is 0 Å². The average molecular weight is 337 g/mol. The van der Waals surface area contributed by atoms with E-state index in [0.29, 0.717) is 22.8 Å². The predicted octanol–water partition coefficient (Wildman–Crippen LogP) is 3.73. The Morgan fingerprint density at radius 1 is 1.23 bits per heavy atom. The van der Waals surface area contributed by atoms with Crippen molar-refractivity contribution in [3.63, 3.8) is 0 Å². The first kappa shape index (κ1) is 15.1. The number of aromatic amines is 1. The Hall–Kier alpha value is -1.85. The Morgan fingerprint density at radius 2 is 1.95 bits per heavy atom. The predicted molar refractivity (Wildman–Crippen MR) is 87.7 cm³/mol. The van der Waals surface area contributed by atoms with Gasteiger partial charge in [0.1, 0.15) is 0 Å². The van der Waals surface area contributed by atoms with Gasteiger partial charge in [0.2, 0.25) is 0 Å². The van der Waals surface area contributed by atoms with Crippen molar-refractivity contribution in [2.45, 2.75) is 26.2 Å². The standard InChI is InChI=1S/C15H14Cl2N4O/c1-2-3-4-11-12(9-5-7-10(16)8-6-9)18-13(17)14-19-20-15(22)21(11)14/h5-8H,2-4H2,1H3,(H,20,22). The highest BCUT2D eigenvalue weighted by Crippen LogP contribution is 2.27. The molecule has 3 aromatic rings. The summed E-state index contributed by atoms with van der Waals surface area (Å²) >= 11 is 12.1. The highest BCUT2D eigenvalue weighted by molar-refractivity contribution is 6.32. The number of aryl methyl sites for hydroxylation is 1. The first-order valence-electron chi connectivity index (χ1n) is 7.03. The second-order valence-corrected chi connectivity index (χ2v) is 5.79. The van der Waals surface area contributed by atoms with Gasteiger partial charge in [0.05, 0.1) is 11.4 Å². The van der Waals surface area contributed by atoms with E-state index < -0.39 is 0 Å². The number of hydrogen-bond donors (Lipinski definition) is 1.